The normalized spacial score (nSPS) is 11.0. The van der Waals surface area contributed by atoms with Crippen molar-refractivity contribution < 1.29 is 0 Å². The second-order valence-electron chi connectivity index (χ2n) is 5.44. The summed E-state index contributed by atoms with van der Waals surface area (Å²) < 4.78 is 1.80. The molecule has 1 aromatic carbocycles. The Balaban J connectivity index is 1.71. The first kappa shape index (κ1) is 15.8. The number of hydrogen-bond donors (Lipinski definition) is 1. The van der Waals surface area contributed by atoms with Crippen molar-refractivity contribution in [1.82, 2.24) is 24.7 Å². The quantitative estimate of drug-likeness (QED) is 0.535. The number of benzene rings is 1. The van der Waals surface area contributed by atoms with Gasteiger partial charge in [0.15, 0.2) is 11.6 Å². The van der Waals surface area contributed by atoms with E-state index < -0.39 is 0 Å². The summed E-state index contributed by atoms with van der Waals surface area (Å²) in [7, 11) is 0. The summed E-state index contributed by atoms with van der Waals surface area (Å²) in [6.07, 6.45) is 1.67. The average Bonchev–Trinajstić information content (AvgIpc) is 3.02. The number of anilines is 2. The fraction of sp³-hybridized carbons (Fsp3) is 0.0588. The van der Waals surface area contributed by atoms with E-state index in [0.717, 1.165) is 22.4 Å². The highest BCUT2D eigenvalue weighted by Gasteiger charge is 2.11. The van der Waals surface area contributed by atoms with Gasteiger partial charge in [-0.2, -0.15) is 5.10 Å². The van der Waals surface area contributed by atoms with E-state index in [4.69, 9.17) is 23.2 Å². The van der Waals surface area contributed by atoms with E-state index in [9.17, 15) is 0 Å². The topological polar surface area (TPSA) is 68.5 Å². The van der Waals surface area contributed by atoms with Crippen LogP contribution < -0.4 is 5.32 Å². The summed E-state index contributed by atoms with van der Waals surface area (Å²) in [6, 6.07) is 12.9. The largest absolute Gasteiger partial charge is 0.339 e. The molecule has 0 bridgehead atoms. The number of pyridine rings is 1. The highest BCUT2D eigenvalue weighted by Crippen LogP contribution is 2.26. The molecule has 0 fully saturated rings. The van der Waals surface area contributed by atoms with Crippen molar-refractivity contribution >= 4 is 45.7 Å². The van der Waals surface area contributed by atoms with Gasteiger partial charge in [0, 0.05) is 5.69 Å². The molecule has 0 radical (unpaired) electrons. The fourth-order valence-electron chi connectivity index (χ4n) is 2.45. The second kappa shape index (κ2) is 6.31. The Morgan fingerprint density at radius 3 is 2.68 bits per heavy atom. The number of aryl methyl sites for hydroxylation is 1. The van der Waals surface area contributed by atoms with Crippen LogP contribution in [0.4, 0.5) is 11.5 Å². The predicted molar refractivity (Wildman–Crippen MR) is 98.9 cm³/mol. The maximum absolute atomic E-state index is 6.24. The fourth-order valence-corrected chi connectivity index (χ4v) is 2.79. The molecule has 0 spiro atoms. The third-order valence-electron chi connectivity index (χ3n) is 3.64. The van der Waals surface area contributed by atoms with Crippen molar-refractivity contribution in [2.75, 3.05) is 5.32 Å². The number of nitrogens with one attached hydrogen (secondary N) is 1. The van der Waals surface area contributed by atoms with Crippen LogP contribution in [0.15, 0.2) is 48.8 Å². The standard InChI is InChI=1S/C17H12Cl2N6/c1-10-2-7-16(24-23-10)21-11-3-5-14-13(8-11)20-9-25(14)17-12(18)4-6-15(19)22-17/h2-9H,1H3,(H,21,24). The van der Waals surface area contributed by atoms with Crippen LogP contribution in [-0.4, -0.2) is 24.7 Å². The van der Waals surface area contributed by atoms with E-state index in [1.807, 2.05) is 37.3 Å². The van der Waals surface area contributed by atoms with Crippen molar-refractivity contribution in [3.8, 4) is 5.82 Å². The maximum Gasteiger partial charge on any atom is 0.158 e. The van der Waals surface area contributed by atoms with Gasteiger partial charge in [-0.15, -0.1) is 5.10 Å². The van der Waals surface area contributed by atoms with Crippen LogP contribution >= 0.6 is 23.2 Å². The summed E-state index contributed by atoms with van der Waals surface area (Å²) in [5, 5.41) is 12.2. The molecule has 0 aliphatic rings. The van der Waals surface area contributed by atoms with Crippen molar-refractivity contribution in [2.45, 2.75) is 6.92 Å². The molecule has 0 unspecified atom stereocenters. The molecule has 6 nitrogen and oxygen atoms in total. The smallest absolute Gasteiger partial charge is 0.158 e. The average molecular weight is 371 g/mol. The van der Waals surface area contributed by atoms with Crippen LogP contribution in [0.5, 0.6) is 0 Å². The first-order valence-electron chi connectivity index (χ1n) is 7.47. The molecule has 4 aromatic rings. The Labute approximate surface area is 153 Å². The summed E-state index contributed by atoms with van der Waals surface area (Å²) >= 11 is 12.2. The van der Waals surface area contributed by atoms with Gasteiger partial charge < -0.3 is 5.32 Å². The molecule has 8 heteroatoms. The van der Waals surface area contributed by atoms with Crippen LogP contribution in [0, 0.1) is 6.92 Å². The summed E-state index contributed by atoms with van der Waals surface area (Å²) in [4.78, 5) is 8.71. The van der Waals surface area contributed by atoms with E-state index in [1.54, 1.807) is 23.0 Å². The van der Waals surface area contributed by atoms with Crippen molar-refractivity contribution in [3.63, 3.8) is 0 Å². The minimum atomic E-state index is 0.373. The maximum atomic E-state index is 6.24. The number of fused-ring (bicyclic) bond motifs is 1. The zero-order chi connectivity index (χ0) is 17.4. The molecule has 124 valence electrons. The zero-order valence-electron chi connectivity index (χ0n) is 13.1. The number of imidazole rings is 1. The van der Waals surface area contributed by atoms with Crippen LogP contribution in [0.2, 0.25) is 10.2 Å². The Hall–Kier alpha value is -2.70. The molecule has 0 aliphatic carbocycles. The molecule has 4 rings (SSSR count). The summed E-state index contributed by atoms with van der Waals surface area (Å²) in [6.45, 7) is 1.89. The molecular formula is C17H12Cl2N6. The minimum Gasteiger partial charge on any atom is -0.339 e. The van der Waals surface area contributed by atoms with Gasteiger partial charge in [-0.1, -0.05) is 23.2 Å². The Morgan fingerprint density at radius 2 is 1.88 bits per heavy atom. The SMILES string of the molecule is Cc1ccc(Nc2ccc3c(c2)ncn3-c2nc(Cl)ccc2Cl)nn1. The lowest BCUT2D eigenvalue weighted by molar-refractivity contribution is 0.986. The van der Waals surface area contributed by atoms with E-state index in [0.29, 0.717) is 21.8 Å². The first-order chi connectivity index (χ1) is 12.1. The highest BCUT2D eigenvalue weighted by molar-refractivity contribution is 6.33. The molecule has 0 saturated heterocycles. The number of rotatable bonds is 3. The van der Waals surface area contributed by atoms with Gasteiger partial charge in [0.2, 0.25) is 0 Å². The minimum absolute atomic E-state index is 0.373. The first-order valence-corrected chi connectivity index (χ1v) is 8.22. The molecule has 0 aliphatic heterocycles. The highest BCUT2D eigenvalue weighted by atomic mass is 35.5. The molecule has 0 saturated carbocycles. The molecule has 25 heavy (non-hydrogen) atoms. The number of nitrogens with zero attached hydrogens (tertiary/aromatic N) is 5. The van der Waals surface area contributed by atoms with Crippen molar-refractivity contribution in [1.29, 1.82) is 0 Å². The van der Waals surface area contributed by atoms with Gasteiger partial charge >= 0.3 is 0 Å². The Morgan fingerprint density at radius 1 is 1.00 bits per heavy atom. The van der Waals surface area contributed by atoms with E-state index in [-0.39, 0.29) is 0 Å². The molecular weight excluding hydrogens is 359 g/mol. The molecule has 3 heterocycles. The van der Waals surface area contributed by atoms with Gasteiger partial charge in [-0.05, 0) is 49.4 Å². The van der Waals surface area contributed by atoms with Crippen LogP contribution in [0.25, 0.3) is 16.9 Å². The van der Waals surface area contributed by atoms with Crippen LogP contribution in [-0.2, 0) is 0 Å². The molecule has 0 amide bonds. The van der Waals surface area contributed by atoms with Crippen LogP contribution in [0.1, 0.15) is 5.69 Å². The lowest BCUT2D eigenvalue weighted by Crippen LogP contribution is -1.98. The summed E-state index contributed by atoms with van der Waals surface area (Å²) in [5.41, 5.74) is 3.40. The van der Waals surface area contributed by atoms with Gasteiger partial charge in [0.1, 0.15) is 11.5 Å². The van der Waals surface area contributed by atoms with E-state index in [2.05, 4.69) is 25.5 Å². The molecule has 1 N–H and O–H groups in total. The predicted octanol–water partition coefficient (Wildman–Crippen LogP) is 4.57. The van der Waals surface area contributed by atoms with Gasteiger partial charge in [-0.25, -0.2) is 9.97 Å². The Kier molecular flexibility index (Phi) is 3.99. The number of hydrogen-bond acceptors (Lipinski definition) is 5. The zero-order valence-corrected chi connectivity index (χ0v) is 14.6. The summed E-state index contributed by atoms with van der Waals surface area (Å²) in [5.74, 6) is 1.21. The lowest BCUT2D eigenvalue weighted by Gasteiger charge is -2.07. The van der Waals surface area contributed by atoms with Gasteiger partial charge in [-0.3, -0.25) is 4.57 Å². The monoisotopic (exact) mass is 370 g/mol. The van der Waals surface area contributed by atoms with E-state index in [1.165, 1.54) is 0 Å². The molecule has 3 aromatic heterocycles. The third kappa shape index (κ3) is 3.14. The van der Waals surface area contributed by atoms with Gasteiger partial charge in [0.05, 0.1) is 21.7 Å². The van der Waals surface area contributed by atoms with E-state index >= 15 is 0 Å². The second-order valence-corrected chi connectivity index (χ2v) is 6.24. The van der Waals surface area contributed by atoms with Crippen LogP contribution in [0.3, 0.4) is 0 Å². The Bertz CT molecular complexity index is 1060. The lowest BCUT2D eigenvalue weighted by atomic mass is 10.2. The van der Waals surface area contributed by atoms with Gasteiger partial charge in [0.25, 0.3) is 0 Å². The molecule has 0 atom stereocenters. The number of aromatic nitrogens is 5. The van der Waals surface area contributed by atoms with Crippen molar-refractivity contribution in [2.24, 2.45) is 0 Å². The van der Waals surface area contributed by atoms with Crippen molar-refractivity contribution in [3.05, 3.63) is 64.7 Å². The third-order valence-corrected chi connectivity index (χ3v) is 4.14. The number of halogens is 2.